The quantitative estimate of drug-likeness (QED) is 0.712. The van der Waals surface area contributed by atoms with Crippen molar-refractivity contribution in [2.45, 2.75) is 39.7 Å². The summed E-state index contributed by atoms with van der Waals surface area (Å²) in [4.78, 5) is 0. The fraction of sp³-hybridized carbons (Fsp3) is 0.667. The first-order valence-corrected chi connectivity index (χ1v) is 4.32. The molecule has 0 amide bonds. The van der Waals surface area contributed by atoms with Gasteiger partial charge in [-0.2, -0.15) is 5.10 Å². The minimum absolute atomic E-state index is 0.307. The third-order valence-electron chi connectivity index (χ3n) is 2.07. The third-order valence-corrected chi connectivity index (χ3v) is 2.07. The van der Waals surface area contributed by atoms with Crippen molar-refractivity contribution >= 4 is 0 Å². The van der Waals surface area contributed by atoms with E-state index in [1.54, 1.807) is 6.20 Å². The van der Waals surface area contributed by atoms with Crippen LogP contribution in [0.15, 0.2) is 6.20 Å². The second-order valence-electron chi connectivity index (χ2n) is 3.41. The first kappa shape index (κ1) is 10.2. The standard InChI is InChI=1S/C9H14F2N2/c1-6(2)8-4-12-13(7(8)3)5-9(10)11/h4,6,9H,5H2,1-3H3. The number of alkyl halides is 2. The molecular weight excluding hydrogens is 174 g/mol. The number of rotatable bonds is 3. The summed E-state index contributed by atoms with van der Waals surface area (Å²) in [6.45, 7) is 5.57. The molecule has 0 atom stereocenters. The van der Waals surface area contributed by atoms with Crippen molar-refractivity contribution in [3.05, 3.63) is 17.5 Å². The number of aromatic nitrogens is 2. The van der Waals surface area contributed by atoms with Gasteiger partial charge in [0.15, 0.2) is 0 Å². The van der Waals surface area contributed by atoms with Crippen molar-refractivity contribution < 1.29 is 8.78 Å². The SMILES string of the molecule is Cc1c(C(C)C)cnn1CC(F)F. The summed E-state index contributed by atoms with van der Waals surface area (Å²) in [7, 11) is 0. The monoisotopic (exact) mass is 188 g/mol. The third kappa shape index (κ3) is 2.26. The molecule has 0 aliphatic rings. The van der Waals surface area contributed by atoms with Gasteiger partial charge in [-0.3, -0.25) is 4.68 Å². The minimum atomic E-state index is -2.33. The van der Waals surface area contributed by atoms with E-state index in [1.807, 2.05) is 20.8 Å². The zero-order chi connectivity index (χ0) is 10.0. The van der Waals surface area contributed by atoms with Gasteiger partial charge >= 0.3 is 0 Å². The second kappa shape index (κ2) is 3.85. The molecule has 1 rings (SSSR count). The van der Waals surface area contributed by atoms with Crippen LogP contribution in [0.25, 0.3) is 0 Å². The summed E-state index contributed by atoms with van der Waals surface area (Å²) < 4.78 is 25.5. The normalized spacial score (nSPS) is 11.6. The zero-order valence-electron chi connectivity index (χ0n) is 8.09. The van der Waals surface area contributed by atoms with E-state index >= 15 is 0 Å². The molecule has 1 aromatic heterocycles. The Labute approximate surface area is 76.6 Å². The predicted molar refractivity (Wildman–Crippen MR) is 47.1 cm³/mol. The van der Waals surface area contributed by atoms with E-state index in [-0.39, 0.29) is 6.54 Å². The lowest BCUT2D eigenvalue weighted by molar-refractivity contribution is 0.121. The lowest BCUT2D eigenvalue weighted by Gasteiger charge is -2.06. The average molecular weight is 188 g/mol. The maximum atomic E-state index is 12.1. The highest BCUT2D eigenvalue weighted by Gasteiger charge is 2.12. The Kier molecular flexibility index (Phi) is 3.01. The summed E-state index contributed by atoms with van der Waals surface area (Å²) in [6.07, 6.45) is -0.666. The first-order chi connectivity index (χ1) is 6.02. The molecule has 1 aromatic rings. The number of hydrogen-bond acceptors (Lipinski definition) is 1. The fourth-order valence-electron chi connectivity index (χ4n) is 1.34. The lowest BCUT2D eigenvalue weighted by atomic mass is 10.1. The first-order valence-electron chi connectivity index (χ1n) is 4.32. The highest BCUT2D eigenvalue weighted by atomic mass is 19.3. The van der Waals surface area contributed by atoms with Crippen LogP contribution in [-0.4, -0.2) is 16.2 Å². The molecule has 0 saturated heterocycles. The Hall–Kier alpha value is -0.930. The number of nitrogens with zero attached hydrogens (tertiary/aromatic N) is 2. The van der Waals surface area contributed by atoms with E-state index in [9.17, 15) is 8.78 Å². The van der Waals surface area contributed by atoms with Crippen LogP contribution in [0.2, 0.25) is 0 Å². The Bertz CT molecular complexity index is 279. The molecule has 0 aromatic carbocycles. The second-order valence-corrected chi connectivity index (χ2v) is 3.41. The molecule has 4 heteroatoms. The van der Waals surface area contributed by atoms with Gasteiger partial charge < -0.3 is 0 Å². The van der Waals surface area contributed by atoms with Crippen molar-refractivity contribution in [2.24, 2.45) is 0 Å². The van der Waals surface area contributed by atoms with E-state index < -0.39 is 6.43 Å². The van der Waals surface area contributed by atoms with Gasteiger partial charge in [0.25, 0.3) is 6.43 Å². The van der Waals surface area contributed by atoms with Crippen LogP contribution in [-0.2, 0) is 6.54 Å². The maximum Gasteiger partial charge on any atom is 0.257 e. The Morgan fingerprint density at radius 2 is 2.08 bits per heavy atom. The smallest absolute Gasteiger partial charge is 0.257 e. The van der Waals surface area contributed by atoms with Gasteiger partial charge in [0.05, 0.1) is 6.20 Å². The Morgan fingerprint density at radius 1 is 1.46 bits per heavy atom. The fourth-order valence-corrected chi connectivity index (χ4v) is 1.34. The highest BCUT2D eigenvalue weighted by Crippen LogP contribution is 2.18. The van der Waals surface area contributed by atoms with Crippen molar-refractivity contribution in [1.29, 1.82) is 0 Å². The molecular formula is C9H14F2N2. The Morgan fingerprint density at radius 3 is 2.46 bits per heavy atom. The maximum absolute atomic E-state index is 12.1. The minimum Gasteiger partial charge on any atom is -0.264 e. The molecule has 2 nitrogen and oxygen atoms in total. The van der Waals surface area contributed by atoms with Crippen LogP contribution >= 0.6 is 0 Å². The van der Waals surface area contributed by atoms with Gasteiger partial charge in [-0.05, 0) is 18.4 Å². The van der Waals surface area contributed by atoms with Crippen LogP contribution in [0.5, 0.6) is 0 Å². The van der Waals surface area contributed by atoms with Crippen LogP contribution in [0.4, 0.5) is 8.78 Å². The molecule has 0 fully saturated rings. The van der Waals surface area contributed by atoms with E-state index in [2.05, 4.69) is 5.10 Å². The van der Waals surface area contributed by atoms with Gasteiger partial charge in [0.2, 0.25) is 0 Å². The summed E-state index contributed by atoms with van der Waals surface area (Å²) in [5, 5.41) is 3.91. The van der Waals surface area contributed by atoms with Crippen molar-refractivity contribution in [3.63, 3.8) is 0 Å². The molecule has 0 unspecified atom stereocenters. The summed E-state index contributed by atoms with van der Waals surface area (Å²) in [5.41, 5.74) is 1.89. The van der Waals surface area contributed by atoms with E-state index in [0.29, 0.717) is 5.92 Å². The molecule has 13 heavy (non-hydrogen) atoms. The van der Waals surface area contributed by atoms with Gasteiger partial charge in [-0.1, -0.05) is 13.8 Å². The Balaban J connectivity index is 2.86. The molecule has 0 bridgehead atoms. The number of hydrogen-bond donors (Lipinski definition) is 0. The highest BCUT2D eigenvalue weighted by molar-refractivity contribution is 5.19. The molecule has 74 valence electrons. The van der Waals surface area contributed by atoms with Crippen molar-refractivity contribution in [3.8, 4) is 0 Å². The van der Waals surface area contributed by atoms with Crippen LogP contribution in [0.1, 0.15) is 31.0 Å². The van der Waals surface area contributed by atoms with Crippen molar-refractivity contribution in [2.75, 3.05) is 0 Å². The summed E-state index contributed by atoms with van der Waals surface area (Å²) in [6, 6.07) is 0. The topological polar surface area (TPSA) is 17.8 Å². The summed E-state index contributed by atoms with van der Waals surface area (Å²) in [5.74, 6) is 0.339. The van der Waals surface area contributed by atoms with Crippen LogP contribution in [0, 0.1) is 6.92 Å². The van der Waals surface area contributed by atoms with Crippen LogP contribution < -0.4 is 0 Å². The molecule has 0 aliphatic carbocycles. The van der Waals surface area contributed by atoms with Gasteiger partial charge in [-0.15, -0.1) is 0 Å². The lowest BCUT2D eigenvalue weighted by Crippen LogP contribution is -2.09. The van der Waals surface area contributed by atoms with Gasteiger partial charge in [0, 0.05) is 5.69 Å². The zero-order valence-corrected chi connectivity index (χ0v) is 8.09. The van der Waals surface area contributed by atoms with E-state index in [1.165, 1.54) is 4.68 Å². The van der Waals surface area contributed by atoms with Crippen molar-refractivity contribution in [1.82, 2.24) is 9.78 Å². The van der Waals surface area contributed by atoms with E-state index in [0.717, 1.165) is 11.3 Å². The largest absolute Gasteiger partial charge is 0.264 e. The van der Waals surface area contributed by atoms with Gasteiger partial charge in [0.1, 0.15) is 6.54 Å². The van der Waals surface area contributed by atoms with E-state index in [4.69, 9.17) is 0 Å². The predicted octanol–water partition coefficient (Wildman–Crippen LogP) is 2.58. The summed E-state index contributed by atoms with van der Waals surface area (Å²) >= 11 is 0. The molecule has 0 radical (unpaired) electrons. The van der Waals surface area contributed by atoms with Crippen LogP contribution in [0.3, 0.4) is 0 Å². The molecule has 0 N–H and O–H groups in total. The molecule has 0 spiro atoms. The molecule has 0 saturated carbocycles. The molecule has 0 aliphatic heterocycles. The number of halogens is 2. The molecule has 1 heterocycles. The average Bonchev–Trinajstić information content (AvgIpc) is 2.32. The van der Waals surface area contributed by atoms with Gasteiger partial charge in [-0.25, -0.2) is 8.78 Å².